The third-order valence-corrected chi connectivity index (χ3v) is 1.64. The van der Waals surface area contributed by atoms with E-state index in [2.05, 4.69) is 37.9 Å². The van der Waals surface area contributed by atoms with Crippen LogP contribution in [0.4, 0.5) is 0 Å². The monoisotopic (exact) mass is 165 g/mol. The summed E-state index contributed by atoms with van der Waals surface area (Å²) in [5.41, 5.74) is 2.52. The first-order chi connectivity index (χ1) is 5.70. The summed E-state index contributed by atoms with van der Waals surface area (Å²) in [6, 6.07) is 0. The molecule has 0 saturated carbocycles. The van der Waals surface area contributed by atoms with E-state index in [1.165, 1.54) is 11.1 Å². The first-order valence-corrected chi connectivity index (χ1v) is 4.38. The molecule has 1 N–H and O–H groups in total. The molecule has 0 spiro atoms. The van der Waals surface area contributed by atoms with Gasteiger partial charge in [0.15, 0.2) is 0 Å². The van der Waals surface area contributed by atoms with Gasteiger partial charge in [0.25, 0.3) is 0 Å². The topological polar surface area (TPSA) is 12.0 Å². The van der Waals surface area contributed by atoms with Crippen molar-refractivity contribution in [2.24, 2.45) is 0 Å². The van der Waals surface area contributed by atoms with Crippen LogP contribution in [0.1, 0.15) is 26.7 Å². The minimum Gasteiger partial charge on any atom is -0.394 e. The molecule has 0 radical (unpaired) electrons. The normalized spacial score (nSPS) is 12.1. The molecular weight excluding hydrogens is 146 g/mol. The smallest absolute Gasteiger partial charge is 0.00276 e. The summed E-state index contributed by atoms with van der Waals surface area (Å²) in [6.45, 7) is 8.11. The Hall–Kier alpha value is -0.980. The van der Waals surface area contributed by atoms with Crippen molar-refractivity contribution in [3.8, 4) is 0 Å². The second-order valence-corrected chi connectivity index (χ2v) is 2.90. The molecule has 0 atom stereocenters. The van der Waals surface area contributed by atoms with Crippen molar-refractivity contribution >= 4 is 0 Å². The molecule has 1 heteroatoms. The van der Waals surface area contributed by atoms with E-state index in [-0.39, 0.29) is 0 Å². The van der Waals surface area contributed by atoms with Gasteiger partial charge in [-0.3, -0.25) is 0 Å². The van der Waals surface area contributed by atoms with Crippen LogP contribution < -0.4 is 5.32 Å². The van der Waals surface area contributed by atoms with Crippen LogP contribution in [0.25, 0.3) is 0 Å². The molecule has 0 rings (SSSR count). The van der Waals surface area contributed by atoms with E-state index in [1.54, 1.807) is 0 Å². The second-order valence-electron chi connectivity index (χ2n) is 2.90. The Morgan fingerprint density at radius 2 is 2.17 bits per heavy atom. The van der Waals surface area contributed by atoms with Crippen LogP contribution in [0.2, 0.25) is 0 Å². The largest absolute Gasteiger partial charge is 0.394 e. The SMILES string of the molecule is C=C(/C=C\C/C(C)=C\NC)CC. The van der Waals surface area contributed by atoms with Crippen LogP contribution in [0.3, 0.4) is 0 Å². The Balaban J connectivity index is 3.74. The van der Waals surface area contributed by atoms with Gasteiger partial charge in [-0.05, 0) is 26.0 Å². The van der Waals surface area contributed by atoms with Crippen molar-refractivity contribution in [3.63, 3.8) is 0 Å². The first kappa shape index (κ1) is 11.0. The summed E-state index contributed by atoms with van der Waals surface area (Å²) >= 11 is 0. The van der Waals surface area contributed by atoms with Gasteiger partial charge in [0.2, 0.25) is 0 Å². The van der Waals surface area contributed by atoms with Gasteiger partial charge in [0, 0.05) is 7.05 Å². The van der Waals surface area contributed by atoms with Crippen LogP contribution in [0, 0.1) is 0 Å². The molecule has 0 aliphatic heterocycles. The Kier molecular flexibility index (Phi) is 6.16. The summed E-state index contributed by atoms with van der Waals surface area (Å²) in [5, 5.41) is 3.00. The minimum absolute atomic E-state index is 1.000. The van der Waals surface area contributed by atoms with Gasteiger partial charge < -0.3 is 5.32 Å². The van der Waals surface area contributed by atoms with Crippen LogP contribution in [0.15, 0.2) is 36.1 Å². The van der Waals surface area contributed by atoms with Gasteiger partial charge >= 0.3 is 0 Å². The van der Waals surface area contributed by atoms with Crippen molar-refractivity contribution in [2.75, 3.05) is 7.05 Å². The Labute approximate surface area is 75.9 Å². The maximum atomic E-state index is 3.89. The lowest BCUT2D eigenvalue weighted by atomic mass is 10.1. The van der Waals surface area contributed by atoms with Crippen molar-refractivity contribution in [1.82, 2.24) is 5.32 Å². The minimum atomic E-state index is 1.000. The van der Waals surface area contributed by atoms with Gasteiger partial charge in [-0.15, -0.1) is 0 Å². The maximum absolute atomic E-state index is 3.89. The molecule has 12 heavy (non-hydrogen) atoms. The zero-order valence-corrected chi connectivity index (χ0v) is 8.35. The average molecular weight is 165 g/mol. The van der Waals surface area contributed by atoms with Gasteiger partial charge in [-0.2, -0.15) is 0 Å². The van der Waals surface area contributed by atoms with Crippen LogP contribution in [-0.2, 0) is 0 Å². The van der Waals surface area contributed by atoms with Crippen molar-refractivity contribution in [3.05, 3.63) is 36.1 Å². The summed E-state index contributed by atoms with van der Waals surface area (Å²) in [4.78, 5) is 0. The van der Waals surface area contributed by atoms with Gasteiger partial charge in [0.1, 0.15) is 0 Å². The zero-order chi connectivity index (χ0) is 9.40. The van der Waals surface area contributed by atoms with E-state index in [0.717, 1.165) is 12.8 Å². The van der Waals surface area contributed by atoms with Crippen LogP contribution in [0.5, 0.6) is 0 Å². The molecule has 68 valence electrons. The lowest BCUT2D eigenvalue weighted by molar-refractivity contribution is 1.04. The van der Waals surface area contributed by atoms with E-state index < -0.39 is 0 Å². The van der Waals surface area contributed by atoms with E-state index in [0.29, 0.717) is 0 Å². The van der Waals surface area contributed by atoms with Crippen molar-refractivity contribution < 1.29 is 0 Å². The zero-order valence-electron chi connectivity index (χ0n) is 8.35. The van der Waals surface area contributed by atoms with Crippen molar-refractivity contribution in [1.29, 1.82) is 0 Å². The summed E-state index contributed by atoms with van der Waals surface area (Å²) in [5.74, 6) is 0. The molecule has 0 aromatic heterocycles. The third kappa shape index (κ3) is 5.78. The number of nitrogens with one attached hydrogen (secondary N) is 1. The standard InChI is InChI=1S/C11H19N/c1-5-10(2)7-6-8-11(3)9-12-4/h6-7,9,12H,2,5,8H2,1,3-4H3/b7-6-,11-9-. The average Bonchev–Trinajstić information content (AvgIpc) is 2.04. The number of hydrogen-bond acceptors (Lipinski definition) is 1. The molecule has 0 heterocycles. The summed E-state index contributed by atoms with van der Waals surface area (Å²) in [7, 11) is 1.91. The molecule has 0 unspecified atom stereocenters. The Morgan fingerprint density at radius 3 is 2.67 bits per heavy atom. The fourth-order valence-electron chi connectivity index (χ4n) is 0.835. The fraction of sp³-hybridized carbons (Fsp3) is 0.455. The molecule has 0 aliphatic carbocycles. The van der Waals surface area contributed by atoms with Crippen molar-refractivity contribution in [2.45, 2.75) is 26.7 Å². The lowest BCUT2D eigenvalue weighted by Gasteiger charge is -1.95. The highest BCUT2D eigenvalue weighted by atomic mass is 14.8. The van der Waals surface area contributed by atoms with Gasteiger partial charge in [-0.1, -0.05) is 36.8 Å². The number of hydrogen-bond donors (Lipinski definition) is 1. The Morgan fingerprint density at radius 1 is 1.50 bits per heavy atom. The first-order valence-electron chi connectivity index (χ1n) is 4.38. The van der Waals surface area contributed by atoms with E-state index >= 15 is 0 Å². The highest BCUT2D eigenvalue weighted by Crippen LogP contribution is 2.03. The van der Waals surface area contributed by atoms with Crippen LogP contribution >= 0.6 is 0 Å². The maximum Gasteiger partial charge on any atom is 0.00276 e. The van der Waals surface area contributed by atoms with E-state index in [1.807, 2.05) is 13.2 Å². The number of allylic oxidation sites excluding steroid dienone is 4. The highest BCUT2D eigenvalue weighted by molar-refractivity contribution is 5.16. The molecule has 0 aromatic carbocycles. The summed E-state index contributed by atoms with van der Waals surface area (Å²) in [6.07, 6.45) is 8.28. The molecule has 0 aliphatic rings. The van der Waals surface area contributed by atoms with E-state index in [9.17, 15) is 0 Å². The molecule has 0 saturated heterocycles. The van der Waals surface area contributed by atoms with Gasteiger partial charge in [0.05, 0.1) is 0 Å². The molecule has 0 amide bonds. The molecular formula is C11H19N. The second kappa shape index (κ2) is 6.71. The molecule has 1 nitrogen and oxygen atoms in total. The third-order valence-electron chi connectivity index (χ3n) is 1.64. The predicted molar refractivity (Wildman–Crippen MR) is 56.0 cm³/mol. The molecule has 0 aromatic rings. The molecule has 0 fully saturated rings. The van der Waals surface area contributed by atoms with E-state index in [4.69, 9.17) is 0 Å². The predicted octanol–water partition coefficient (Wildman–Crippen LogP) is 3.02. The quantitative estimate of drug-likeness (QED) is 0.617. The number of rotatable bonds is 5. The lowest BCUT2D eigenvalue weighted by Crippen LogP contribution is -1.93. The molecule has 0 bridgehead atoms. The highest BCUT2D eigenvalue weighted by Gasteiger charge is 1.84. The Bertz CT molecular complexity index is 187. The van der Waals surface area contributed by atoms with Gasteiger partial charge in [-0.25, -0.2) is 0 Å². The van der Waals surface area contributed by atoms with Crippen LogP contribution in [-0.4, -0.2) is 7.05 Å². The fourth-order valence-corrected chi connectivity index (χ4v) is 0.835. The summed E-state index contributed by atoms with van der Waals surface area (Å²) < 4.78 is 0.